The second-order valence-corrected chi connectivity index (χ2v) is 5.52. The lowest BCUT2D eigenvalue weighted by Crippen LogP contribution is -2.40. The van der Waals surface area contributed by atoms with Crippen molar-refractivity contribution in [2.24, 2.45) is 0 Å². The predicted octanol–water partition coefficient (Wildman–Crippen LogP) is 3.07. The molecule has 2 atom stereocenters. The van der Waals surface area contributed by atoms with Gasteiger partial charge in [-0.05, 0) is 26.0 Å². The van der Waals surface area contributed by atoms with Crippen LogP contribution >= 0.6 is 11.6 Å². The van der Waals surface area contributed by atoms with Crippen molar-refractivity contribution in [3.8, 4) is 5.88 Å². The standard InChI is InChI=1S/C14H21ClN2O/c1-17(13-8-4-3-7-12(13)15)10-11-6-5-9-16-14(11)18-2/h5-6,9,12-13H,3-4,7-8,10H2,1-2H3. The van der Waals surface area contributed by atoms with Crippen molar-refractivity contribution >= 4 is 11.6 Å². The largest absolute Gasteiger partial charge is 0.481 e. The third-order valence-electron chi connectivity index (χ3n) is 3.68. The third kappa shape index (κ3) is 3.15. The average molecular weight is 269 g/mol. The van der Waals surface area contributed by atoms with Gasteiger partial charge in [-0.1, -0.05) is 18.9 Å². The van der Waals surface area contributed by atoms with E-state index in [9.17, 15) is 0 Å². The van der Waals surface area contributed by atoms with E-state index >= 15 is 0 Å². The van der Waals surface area contributed by atoms with Gasteiger partial charge >= 0.3 is 0 Å². The van der Waals surface area contributed by atoms with Crippen molar-refractivity contribution in [3.05, 3.63) is 23.9 Å². The molecule has 0 spiro atoms. The number of aromatic nitrogens is 1. The summed E-state index contributed by atoms with van der Waals surface area (Å²) in [6.45, 7) is 0.838. The lowest BCUT2D eigenvalue weighted by Gasteiger charge is -2.35. The molecule has 0 amide bonds. The summed E-state index contributed by atoms with van der Waals surface area (Å²) in [4.78, 5) is 6.56. The van der Waals surface area contributed by atoms with E-state index in [0.29, 0.717) is 11.9 Å². The molecular formula is C14H21ClN2O. The summed E-state index contributed by atoms with van der Waals surface area (Å²) in [5.74, 6) is 0.714. The van der Waals surface area contributed by atoms with Crippen LogP contribution in [0.5, 0.6) is 5.88 Å². The fourth-order valence-electron chi connectivity index (χ4n) is 2.68. The minimum atomic E-state index is 0.270. The molecule has 1 aromatic heterocycles. The molecule has 2 unspecified atom stereocenters. The van der Waals surface area contributed by atoms with E-state index in [1.165, 1.54) is 19.3 Å². The Morgan fingerprint density at radius 2 is 2.22 bits per heavy atom. The summed E-state index contributed by atoms with van der Waals surface area (Å²) in [6.07, 6.45) is 6.61. The van der Waals surface area contributed by atoms with E-state index in [0.717, 1.165) is 18.5 Å². The summed E-state index contributed by atoms with van der Waals surface area (Å²) < 4.78 is 5.29. The average Bonchev–Trinajstić information content (AvgIpc) is 2.39. The molecule has 0 aliphatic heterocycles. The van der Waals surface area contributed by atoms with Gasteiger partial charge in [0.1, 0.15) is 0 Å². The second-order valence-electron chi connectivity index (χ2n) is 4.95. The maximum atomic E-state index is 6.43. The maximum Gasteiger partial charge on any atom is 0.217 e. The first-order valence-corrected chi connectivity index (χ1v) is 6.98. The van der Waals surface area contributed by atoms with Crippen LogP contribution in [-0.4, -0.2) is 35.5 Å². The van der Waals surface area contributed by atoms with Crippen molar-refractivity contribution in [2.75, 3.05) is 14.2 Å². The molecule has 18 heavy (non-hydrogen) atoms. The van der Waals surface area contributed by atoms with E-state index in [2.05, 4.69) is 23.0 Å². The Kier molecular flexibility index (Phi) is 4.84. The van der Waals surface area contributed by atoms with Crippen LogP contribution < -0.4 is 4.74 Å². The number of rotatable bonds is 4. The topological polar surface area (TPSA) is 25.4 Å². The van der Waals surface area contributed by atoms with Crippen molar-refractivity contribution in [1.82, 2.24) is 9.88 Å². The van der Waals surface area contributed by atoms with Gasteiger partial charge in [0.25, 0.3) is 0 Å². The minimum absolute atomic E-state index is 0.270. The molecule has 1 fully saturated rings. The lowest BCUT2D eigenvalue weighted by atomic mass is 9.93. The summed E-state index contributed by atoms with van der Waals surface area (Å²) >= 11 is 6.43. The highest BCUT2D eigenvalue weighted by Crippen LogP contribution is 2.28. The highest BCUT2D eigenvalue weighted by molar-refractivity contribution is 6.21. The van der Waals surface area contributed by atoms with E-state index in [1.807, 2.05) is 6.07 Å². The first-order valence-electron chi connectivity index (χ1n) is 6.54. The van der Waals surface area contributed by atoms with Gasteiger partial charge in [0, 0.05) is 29.7 Å². The molecule has 1 aliphatic carbocycles. The second kappa shape index (κ2) is 6.39. The molecule has 2 rings (SSSR count). The van der Waals surface area contributed by atoms with Gasteiger partial charge < -0.3 is 4.74 Å². The quantitative estimate of drug-likeness (QED) is 0.785. The molecule has 4 heteroatoms. The third-order valence-corrected chi connectivity index (χ3v) is 4.19. The minimum Gasteiger partial charge on any atom is -0.481 e. The Bertz CT molecular complexity index is 386. The number of alkyl halides is 1. The first-order chi connectivity index (χ1) is 8.72. The van der Waals surface area contributed by atoms with Crippen LogP contribution in [0.25, 0.3) is 0 Å². The van der Waals surface area contributed by atoms with Gasteiger partial charge in [0.05, 0.1) is 7.11 Å². The van der Waals surface area contributed by atoms with Crippen molar-refractivity contribution in [2.45, 2.75) is 43.6 Å². The molecule has 100 valence electrons. The Balaban J connectivity index is 2.03. The molecule has 0 radical (unpaired) electrons. The molecule has 0 bridgehead atoms. The number of methoxy groups -OCH3 is 1. The molecule has 0 aromatic carbocycles. The zero-order valence-corrected chi connectivity index (χ0v) is 11.9. The number of ether oxygens (including phenoxy) is 1. The summed E-state index contributed by atoms with van der Waals surface area (Å²) in [5, 5.41) is 0.270. The normalized spacial score (nSPS) is 24.2. The van der Waals surface area contributed by atoms with Crippen LogP contribution in [0.2, 0.25) is 0 Å². The predicted molar refractivity (Wildman–Crippen MR) is 74.2 cm³/mol. The molecule has 1 saturated carbocycles. The maximum absolute atomic E-state index is 6.43. The zero-order valence-electron chi connectivity index (χ0n) is 11.1. The fourth-order valence-corrected chi connectivity index (χ4v) is 3.15. The molecule has 1 heterocycles. The number of nitrogens with zero attached hydrogens (tertiary/aromatic N) is 2. The number of hydrogen-bond acceptors (Lipinski definition) is 3. The Morgan fingerprint density at radius 1 is 1.44 bits per heavy atom. The van der Waals surface area contributed by atoms with Crippen LogP contribution in [0.3, 0.4) is 0 Å². The number of hydrogen-bond donors (Lipinski definition) is 0. The molecule has 1 aromatic rings. The van der Waals surface area contributed by atoms with Crippen LogP contribution in [0, 0.1) is 0 Å². The van der Waals surface area contributed by atoms with Gasteiger partial charge in [0.2, 0.25) is 5.88 Å². The van der Waals surface area contributed by atoms with Gasteiger partial charge in [-0.25, -0.2) is 4.98 Å². The molecular weight excluding hydrogens is 248 g/mol. The highest BCUT2D eigenvalue weighted by atomic mass is 35.5. The van der Waals surface area contributed by atoms with E-state index in [1.54, 1.807) is 13.3 Å². The van der Waals surface area contributed by atoms with Gasteiger partial charge in [-0.3, -0.25) is 4.90 Å². The smallest absolute Gasteiger partial charge is 0.217 e. The monoisotopic (exact) mass is 268 g/mol. The molecule has 0 saturated heterocycles. The lowest BCUT2D eigenvalue weighted by molar-refractivity contribution is 0.186. The van der Waals surface area contributed by atoms with Gasteiger partial charge in [-0.15, -0.1) is 11.6 Å². The first kappa shape index (κ1) is 13.6. The zero-order chi connectivity index (χ0) is 13.0. The fraction of sp³-hybridized carbons (Fsp3) is 0.643. The van der Waals surface area contributed by atoms with Crippen molar-refractivity contribution in [1.29, 1.82) is 0 Å². The molecule has 0 N–H and O–H groups in total. The van der Waals surface area contributed by atoms with Gasteiger partial charge in [-0.2, -0.15) is 0 Å². The van der Waals surface area contributed by atoms with Gasteiger partial charge in [0.15, 0.2) is 0 Å². The van der Waals surface area contributed by atoms with Crippen LogP contribution in [0.1, 0.15) is 31.2 Å². The summed E-state index contributed by atoms with van der Waals surface area (Å²) in [5.41, 5.74) is 1.12. The number of halogens is 1. The van der Waals surface area contributed by atoms with Crippen LogP contribution in [-0.2, 0) is 6.54 Å². The summed E-state index contributed by atoms with van der Waals surface area (Å²) in [7, 11) is 3.80. The Labute approximate surface area is 114 Å². The summed E-state index contributed by atoms with van der Waals surface area (Å²) in [6, 6.07) is 4.48. The molecule has 1 aliphatic rings. The van der Waals surface area contributed by atoms with E-state index in [-0.39, 0.29) is 5.38 Å². The van der Waals surface area contributed by atoms with Crippen LogP contribution in [0.15, 0.2) is 18.3 Å². The van der Waals surface area contributed by atoms with Crippen molar-refractivity contribution < 1.29 is 4.74 Å². The Hall–Kier alpha value is -0.800. The van der Waals surface area contributed by atoms with Crippen LogP contribution in [0.4, 0.5) is 0 Å². The highest BCUT2D eigenvalue weighted by Gasteiger charge is 2.27. The Morgan fingerprint density at radius 3 is 2.94 bits per heavy atom. The van der Waals surface area contributed by atoms with E-state index < -0.39 is 0 Å². The number of pyridine rings is 1. The van der Waals surface area contributed by atoms with Crippen molar-refractivity contribution in [3.63, 3.8) is 0 Å². The van der Waals surface area contributed by atoms with E-state index in [4.69, 9.17) is 16.3 Å². The molecule has 3 nitrogen and oxygen atoms in total. The SMILES string of the molecule is COc1ncccc1CN(C)C1CCCCC1Cl.